The van der Waals surface area contributed by atoms with E-state index in [0.717, 1.165) is 5.76 Å². The zero-order valence-corrected chi connectivity index (χ0v) is 7.69. The number of carbonyl (C=O) groups excluding carboxylic acids is 1. The van der Waals surface area contributed by atoms with Gasteiger partial charge in [0.2, 0.25) is 5.91 Å². The summed E-state index contributed by atoms with van der Waals surface area (Å²) in [5.74, 6) is 0.826. The van der Waals surface area contributed by atoms with Crippen LogP contribution in [0.1, 0.15) is 12.2 Å². The average Bonchev–Trinajstić information content (AvgIpc) is 2.57. The lowest BCUT2D eigenvalue weighted by Crippen LogP contribution is -2.27. The minimum absolute atomic E-state index is 0.0406. The van der Waals surface area contributed by atoms with Crippen molar-refractivity contribution in [3.05, 3.63) is 24.2 Å². The van der Waals surface area contributed by atoms with Gasteiger partial charge in [-0.25, -0.2) is 0 Å². The van der Waals surface area contributed by atoms with Crippen LogP contribution in [0.25, 0.3) is 0 Å². The molecule has 0 spiro atoms. The third-order valence-corrected chi connectivity index (χ3v) is 1.76. The molecule has 13 heavy (non-hydrogen) atoms. The standard InChI is InChI=1S/C9H14N2O2/c1-11(9(12)4-5-10)7-8-3-2-6-13-8/h2-3,6H,4-5,7,10H2,1H3. The molecule has 4 heteroatoms. The SMILES string of the molecule is CN(Cc1ccco1)C(=O)CCN. The molecular formula is C9H14N2O2. The highest BCUT2D eigenvalue weighted by atomic mass is 16.3. The number of carbonyl (C=O) groups is 1. The van der Waals surface area contributed by atoms with E-state index in [4.69, 9.17) is 10.2 Å². The molecule has 1 amide bonds. The molecule has 1 aromatic rings. The van der Waals surface area contributed by atoms with Crippen molar-refractivity contribution >= 4 is 5.91 Å². The predicted octanol–water partition coefficient (Wildman–Crippen LogP) is 0.587. The maximum Gasteiger partial charge on any atom is 0.223 e. The minimum atomic E-state index is 0.0406. The zero-order chi connectivity index (χ0) is 9.68. The highest BCUT2D eigenvalue weighted by Crippen LogP contribution is 2.04. The second kappa shape index (κ2) is 4.67. The molecule has 1 aromatic heterocycles. The van der Waals surface area contributed by atoms with Crippen molar-refractivity contribution in [2.45, 2.75) is 13.0 Å². The smallest absolute Gasteiger partial charge is 0.223 e. The van der Waals surface area contributed by atoms with Crippen LogP contribution in [-0.4, -0.2) is 24.4 Å². The quantitative estimate of drug-likeness (QED) is 0.741. The summed E-state index contributed by atoms with van der Waals surface area (Å²) in [4.78, 5) is 12.9. The number of amides is 1. The monoisotopic (exact) mass is 182 g/mol. The van der Waals surface area contributed by atoms with Crippen LogP contribution in [0.5, 0.6) is 0 Å². The topological polar surface area (TPSA) is 59.5 Å². The average molecular weight is 182 g/mol. The van der Waals surface area contributed by atoms with E-state index >= 15 is 0 Å². The highest BCUT2D eigenvalue weighted by molar-refractivity contribution is 5.75. The van der Waals surface area contributed by atoms with Crippen LogP contribution >= 0.6 is 0 Å². The van der Waals surface area contributed by atoms with Gasteiger partial charge in [0.15, 0.2) is 0 Å². The third kappa shape index (κ3) is 2.91. The van der Waals surface area contributed by atoms with Crippen LogP contribution in [0.4, 0.5) is 0 Å². The second-order valence-electron chi connectivity index (χ2n) is 2.87. The van der Waals surface area contributed by atoms with Crippen LogP contribution in [0, 0.1) is 0 Å². The van der Waals surface area contributed by atoms with Gasteiger partial charge in [-0.2, -0.15) is 0 Å². The van der Waals surface area contributed by atoms with Gasteiger partial charge in [-0.15, -0.1) is 0 Å². The normalized spacial score (nSPS) is 10.0. The Morgan fingerprint density at radius 3 is 3.00 bits per heavy atom. The molecule has 0 saturated carbocycles. The molecule has 1 heterocycles. The lowest BCUT2D eigenvalue weighted by molar-refractivity contribution is -0.130. The lowest BCUT2D eigenvalue weighted by Gasteiger charge is -2.14. The number of rotatable bonds is 4. The summed E-state index contributed by atoms with van der Waals surface area (Å²) in [6.45, 7) is 0.896. The second-order valence-corrected chi connectivity index (χ2v) is 2.87. The first kappa shape index (κ1) is 9.80. The van der Waals surface area contributed by atoms with Crippen molar-refractivity contribution < 1.29 is 9.21 Å². The van der Waals surface area contributed by atoms with Gasteiger partial charge < -0.3 is 15.1 Å². The summed E-state index contributed by atoms with van der Waals surface area (Å²) in [6.07, 6.45) is 1.98. The molecule has 72 valence electrons. The largest absolute Gasteiger partial charge is 0.467 e. The van der Waals surface area contributed by atoms with E-state index in [1.807, 2.05) is 6.07 Å². The van der Waals surface area contributed by atoms with Crippen LogP contribution in [0.3, 0.4) is 0 Å². The van der Waals surface area contributed by atoms with Crippen LogP contribution in [0.2, 0.25) is 0 Å². The Hall–Kier alpha value is -1.29. The van der Waals surface area contributed by atoms with E-state index in [9.17, 15) is 4.79 Å². The Balaban J connectivity index is 2.41. The summed E-state index contributed by atoms with van der Waals surface area (Å²) in [7, 11) is 1.74. The number of hydrogen-bond donors (Lipinski definition) is 1. The fourth-order valence-electron chi connectivity index (χ4n) is 1.04. The van der Waals surface area contributed by atoms with Crippen molar-refractivity contribution in [3.8, 4) is 0 Å². The Kier molecular flexibility index (Phi) is 3.52. The number of nitrogens with zero attached hydrogens (tertiary/aromatic N) is 1. The Morgan fingerprint density at radius 2 is 2.46 bits per heavy atom. The van der Waals surface area contributed by atoms with Gasteiger partial charge in [-0.3, -0.25) is 4.79 Å². The summed E-state index contributed by atoms with van der Waals surface area (Å²) in [6, 6.07) is 3.64. The van der Waals surface area contributed by atoms with Crippen molar-refractivity contribution in [3.63, 3.8) is 0 Å². The van der Waals surface area contributed by atoms with E-state index in [0.29, 0.717) is 19.5 Å². The maximum atomic E-state index is 11.3. The van der Waals surface area contributed by atoms with Crippen LogP contribution < -0.4 is 5.73 Å². The molecule has 0 saturated heterocycles. The Labute approximate surface area is 77.3 Å². The number of furan rings is 1. The fraction of sp³-hybridized carbons (Fsp3) is 0.444. The molecule has 0 unspecified atom stereocenters. The first-order chi connectivity index (χ1) is 6.24. The molecule has 0 aliphatic heterocycles. The summed E-state index contributed by atoms with van der Waals surface area (Å²) < 4.78 is 5.11. The van der Waals surface area contributed by atoms with E-state index in [1.165, 1.54) is 0 Å². The Bertz CT molecular complexity index is 257. The third-order valence-electron chi connectivity index (χ3n) is 1.76. The van der Waals surface area contributed by atoms with E-state index in [1.54, 1.807) is 24.3 Å². The first-order valence-electron chi connectivity index (χ1n) is 4.20. The highest BCUT2D eigenvalue weighted by Gasteiger charge is 2.08. The van der Waals surface area contributed by atoms with Crippen molar-refractivity contribution in [2.75, 3.05) is 13.6 Å². The number of nitrogens with two attached hydrogens (primary N) is 1. The van der Waals surface area contributed by atoms with Gasteiger partial charge >= 0.3 is 0 Å². The van der Waals surface area contributed by atoms with Crippen molar-refractivity contribution in [2.24, 2.45) is 5.73 Å². The molecule has 0 bridgehead atoms. The van der Waals surface area contributed by atoms with E-state index in [-0.39, 0.29) is 5.91 Å². The summed E-state index contributed by atoms with van der Waals surface area (Å²) in [5, 5.41) is 0. The first-order valence-corrected chi connectivity index (χ1v) is 4.20. The molecule has 0 atom stereocenters. The van der Waals surface area contributed by atoms with Crippen LogP contribution in [0.15, 0.2) is 22.8 Å². The van der Waals surface area contributed by atoms with Gasteiger partial charge in [0.05, 0.1) is 12.8 Å². The van der Waals surface area contributed by atoms with Gasteiger partial charge in [0.25, 0.3) is 0 Å². The molecule has 0 aliphatic carbocycles. The molecule has 0 aromatic carbocycles. The zero-order valence-electron chi connectivity index (χ0n) is 7.69. The lowest BCUT2D eigenvalue weighted by atomic mass is 10.3. The molecular weight excluding hydrogens is 168 g/mol. The van der Waals surface area contributed by atoms with Crippen molar-refractivity contribution in [1.29, 1.82) is 0 Å². The van der Waals surface area contributed by atoms with Crippen molar-refractivity contribution in [1.82, 2.24) is 4.90 Å². The molecule has 0 radical (unpaired) electrons. The van der Waals surface area contributed by atoms with E-state index < -0.39 is 0 Å². The van der Waals surface area contributed by atoms with Crippen LogP contribution in [-0.2, 0) is 11.3 Å². The van der Waals surface area contributed by atoms with Gasteiger partial charge in [0, 0.05) is 20.0 Å². The summed E-state index contributed by atoms with van der Waals surface area (Å²) >= 11 is 0. The molecule has 0 aliphatic rings. The Morgan fingerprint density at radius 1 is 1.69 bits per heavy atom. The fourth-order valence-corrected chi connectivity index (χ4v) is 1.04. The molecule has 1 rings (SSSR count). The maximum absolute atomic E-state index is 11.3. The van der Waals surface area contributed by atoms with Gasteiger partial charge in [-0.05, 0) is 12.1 Å². The van der Waals surface area contributed by atoms with Gasteiger partial charge in [0.1, 0.15) is 5.76 Å². The number of hydrogen-bond acceptors (Lipinski definition) is 3. The molecule has 0 fully saturated rings. The van der Waals surface area contributed by atoms with E-state index in [2.05, 4.69) is 0 Å². The molecule has 4 nitrogen and oxygen atoms in total. The predicted molar refractivity (Wildman–Crippen MR) is 48.9 cm³/mol. The molecule has 2 N–H and O–H groups in total. The minimum Gasteiger partial charge on any atom is -0.467 e. The van der Waals surface area contributed by atoms with Gasteiger partial charge in [-0.1, -0.05) is 0 Å². The summed E-state index contributed by atoms with van der Waals surface area (Å²) in [5.41, 5.74) is 5.27.